The van der Waals surface area contributed by atoms with Crippen molar-refractivity contribution in [3.05, 3.63) is 36.0 Å². The minimum Gasteiger partial charge on any atom is -0.385 e. The van der Waals surface area contributed by atoms with Gasteiger partial charge < -0.3 is 15.5 Å². The highest BCUT2D eigenvalue weighted by atomic mass is 16.5. The smallest absolute Gasteiger partial charge is 0.0670 e. The Balaban J connectivity index is 0.000000426. The van der Waals surface area contributed by atoms with E-state index in [4.69, 9.17) is 21.0 Å². The Bertz CT molecular complexity index is 607. The summed E-state index contributed by atoms with van der Waals surface area (Å²) in [6.07, 6.45) is 2.13. The molecule has 1 heterocycles. The molecule has 1 unspecified atom stereocenters. The highest BCUT2D eigenvalue weighted by Gasteiger charge is 2.02. The summed E-state index contributed by atoms with van der Waals surface area (Å²) < 4.78 is 4.77. The van der Waals surface area contributed by atoms with Crippen LogP contribution in [0.2, 0.25) is 0 Å². The maximum absolute atomic E-state index is 8.44. The molecule has 1 aromatic carbocycles. The van der Waals surface area contributed by atoms with Crippen LogP contribution in [0.25, 0.3) is 10.9 Å². The van der Waals surface area contributed by atoms with Gasteiger partial charge in [-0.05, 0) is 23.9 Å². The Morgan fingerprint density at radius 1 is 1.25 bits per heavy atom. The molecular formula is C17H26N6O. The fraction of sp³-hybridized carbons (Fsp3) is 0.412. The number of hydrazine groups is 1. The predicted octanol–water partition coefficient (Wildman–Crippen LogP) is 1.56. The largest absolute Gasteiger partial charge is 0.385 e. The number of aromatic amines is 1. The minimum atomic E-state index is -0.0371. The number of rotatable bonds is 6. The lowest BCUT2D eigenvalue weighted by Gasteiger charge is -2.02. The van der Waals surface area contributed by atoms with E-state index in [-0.39, 0.29) is 5.92 Å². The number of methoxy groups -OCH3 is 1. The summed E-state index contributed by atoms with van der Waals surface area (Å²) >= 11 is 0. The summed E-state index contributed by atoms with van der Waals surface area (Å²) in [5.41, 5.74) is 7.54. The van der Waals surface area contributed by atoms with Gasteiger partial charge in [-0.2, -0.15) is 10.5 Å². The summed E-state index contributed by atoms with van der Waals surface area (Å²) in [5.74, 6) is 7.96. The van der Waals surface area contributed by atoms with Crippen molar-refractivity contribution >= 4 is 10.9 Å². The fourth-order valence-electron chi connectivity index (χ4n) is 1.95. The number of para-hydroxylation sites is 1. The third-order valence-corrected chi connectivity index (χ3v) is 3.23. The molecular weight excluding hydrogens is 304 g/mol. The number of benzene rings is 1. The van der Waals surface area contributed by atoms with Crippen LogP contribution in [0.4, 0.5) is 0 Å². The van der Waals surface area contributed by atoms with Crippen molar-refractivity contribution in [1.82, 2.24) is 4.98 Å². The zero-order chi connectivity index (χ0) is 18.2. The van der Waals surface area contributed by atoms with Crippen molar-refractivity contribution in [2.45, 2.75) is 19.3 Å². The van der Waals surface area contributed by atoms with Crippen LogP contribution in [0.1, 0.15) is 18.5 Å². The molecule has 7 heteroatoms. The standard InChI is InChI=1S/C11H10N2.C6H12N2O.H4N2/c12-7-3-5-10-8-9-4-1-2-6-11(9)13-10;1-9-3-2-6(4-7)5-8;1-2/h1-2,4,6,8,13H,3,5H2;6H,2-4,7H2,1H3;1-2H2. The Morgan fingerprint density at radius 3 is 2.50 bits per heavy atom. The zero-order valence-corrected chi connectivity index (χ0v) is 14.0. The summed E-state index contributed by atoms with van der Waals surface area (Å²) in [6, 6.07) is 14.5. The van der Waals surface area contributed by atoms with Crippen LogP contribution in [-0.2, 0) is 11.2 Å². The summed E-state index contributed by atoms with van der Waals surface area (Å²) in [7, 11) is 1.62. The molecule has 130 valence electrons. The second-order valence-corrected chi connectivity index (χ2v) is 4.88. The van der Waals surface area contributed by atoms with E-state index in [1.54, 1.807) is 7.11 Å². The number of H-pyrrole nitrogens is 1. The molecule has 2 aromatic rings. The Hall–Kier alpha value is -2.42. The number of aromatic nitrogens is 1. The van der Waals surface area contributed by atoms with E-state index in [0.29, 0.717) is 19.6 Å². The van der Waals surface area contributed by atoms with Crippen molar-refractivity contribution in [2.24, 2.45) is 23.3 Å². The van der Waals surface area contributed by atoms with E-state index in [0.717, 1.165) is 24.1 Å². The van der Waals surface area contributed by atoms with Crippen molar-refractivity contribution in [2.75, 3.05) is 20.3 Å². The number of nitrogens with one attached hydrogen (secondary N) is 1. The lowest BCUT2D eigenvalue weighted by atomic mass is 10.1. The Morgan fingerprint density at radius 2 is 1.96 bits per heavy atom. The van der Waals surface area contributed by atoms with Gasteiger partial charge in [-0.1, -0.05) is 18.2 Å². The van der Waals surface area contributed by atoms with Crippen LogP contribution in [-0.4, -0.2) is 25.2 Å². The fourth-order valence-corrected chi connectivity index (χ4v) is 1.95. The number of hydrogen-bond donors (Lipinski definition) is 4. The number of ether oxygens (including phenoxy) is 1. The van der Waals surface area contributed by atoms with Crippen LogP contribution in [0.3, 0.4) is 0 Å². The first-order valence-corrected chi connectivity index (χ1v) is 7.60. The summed E-state index contributed by atoms with van der Waals surface area (Å²) in [4.78, 5) is 3.28. The molecule has 0 aliphatic carbocycles. The second-order valence-electron chi connectivity index (χ2n) is 4.88. The van der Waals surface area contributed by atoms with Crippen LogP contribution < -0.4 is 17.4 Å². The lowest BCUT2D eigenvalue weighted by Crippen LogP contribution is -2.13. The van der Waals surface area contributed by atoms with Crippen LogP contribution in [0.15, 0.2) is 30.3 Å². The van der Waals surface area contributed by atoms with Gasteiger partial charge in [0.25, 0.3) is 0 Å². The predicted molar refractivity (Wildman–Crippen MR) is 95.3 cm³/mol. The van der Waals surface area contributed by atoms with Gasteiger partial charge in [-0.25, -0.2) is 0 Å². The Kier molecular flexibility index (Phi) is 12.8. The SMILES string of the molecule is COCCC(C#N)CN.N#CCCc1cc2ccccc2[nH]1.NN. The first-order valence-electron chi connectivity index (χ1n) is 7.60. The molecule has 0 aliphatic heterocycles. The topological polar surface area (TPSA) is 151 Å². The van der Waals surface area contributed by atoms with E-state index >= 15 is 0 Å². The van der Waals surface area contributed by atoms with Gasteiger partial charge in [0.05, 0.1) is 18.1 Å². The van der Waals surface area contributed by atoms with Gasteiger partial charge in [0.15, 0.2) is 0 Å². The van der Waals surface area contributed by atoms with Crippen LogP contribution in [0, 0.1) is 28.6 Å². The molecule has 7 N–H and O–H groups in total. The highest BCUT2D eigenvalue weighted by molar-refractivity contribution is 5.80. The number of aryl methyl sites for hydroxylation is 1. The van der Waals surface area contributed by atoms with Crippen LogP contribution >= 0.6 is 0 Å². The molecule has 0 saturated carbocycles. The summed E-state index contributed by atoms with van der Waals surface area (Å²) in [5, 5.41) is 18.0. The number of hydrogen-bond acceptors (Lipinski definition) is 6. The zero-order valence-electron chi connectivity index (χ0n) is 14.0. The molecule has 0 saturated heterocycles. The van der Waals surface area contributed by atoms with E-state index < -0.39 is 0 Å². The number of nitrogens with two attached hydrogens (primary N) is 3. The molecule has 7 nitrogen and oxygen atoms in total. The first kappa shape index (κ1) is 21.6. The molecule has 2 rings (SSSR count). The van der Waals surface area contributed by atoms with Crippen molar-refractivity contribution < 1.29 is 4.74 Å². The third-order valence-electron chi connectivity index (χ3n) is 3.23. The second kappa shape index (κ2) is 14.2. The van der Waals surface area contributed by atoms with E-state index in [9.17, 15) is 0 Å². The van der Waals surface area contributed by atoms with E-state index in [2.05, 4.69) is 40.9 Å². The highest BCUT2D eigenvalue weighted by Crippen LogP contribution is 2.15. The van der Waals surface area contributed by atoms with Crippen LogP contribution in [0.5, 0.6) is 0 Å². The number of nitriles is 2. The molecule has 0 spiro atoms. The molecule has 0 radical (unpaired) electrons. The third kappa shape index (κ3) is 8.28. The summed E-state index contributed by atoms with van der Waals surface area (Å²) in [6.45, 7) is 1.05. The molecule has 1 aromatic heterocycles. The first-order chi connectivity index (χ1) is 11.7. The monoisotopic (exact) mass is 330 g/mol. The van der Waals surface area contributed by atoms with E-state index in [1.807, 2.05) is 18.2 Å². The normalized spacial score (nSPS) is 10.4. The lowest BCUT2D eigenvalue weighted by molar-refractivity contribution is 0.186. The van der Waals surface area contributed by atoms with Gasteiger partial charge in [0.2, 0.25) is 0 Å². The molecule has 0 amide bonds. The van der Waals surface area contributed by atoms with Crippen molar-refractivity contribution in [3.8, 4) is 12.1 Å². The number of nitrogens with zero attached hydrogens (tertiary/aromatic N) is 2. The average Bonchev–Trinajstić information content (AvgIpc) is 3.06. The minimum absolute atomic E-state index is 0.0371. The van der Waals surface area contributed by atoms with Gasteiger partial charge in [-0.3, -0.25) is 11.7 Å². The quantitative estimate of drug-likeness (QED) is 0.466. The van der Waals surface area contributed by atoms with Gasteiger partial charge in [-0.15, -0.1) is 0 Å². The van der Waals surface area contributed by atoms with Gasteiger partial charge >= 0.3 is 0 Å². The molecule has 0 fully saturated rings. The number of fused-ring (bicyclic) bond motifs is 1. The Labute approximate surface area is 143 Å². The molecule has 0 aliphatic rings. The van der Waals surface area contributed by atoms with Crippen molar-refractivity contribution in [3.63, 3.8) is 0 Å². The molecule has 0 bridgehead atoms. The maximum atomic E-state index is 8.44. The molecule has 24 heavy (non-hydrogen) atoms. The maximum Gasteiger partial charge on any atom is 0.0670 e. The molecule has 1 atom stereocenters. The van der Waals surface area contributed by atoms with E-state index in [1.165, 1.54) is 5.39 Å². The van der Waals surface area contributed by atoms with Crippen molar-refractivity contribution in [1.29, 1.82) is 10.5 Å². The van der Waals surface area contributed by atoms with Gasteiger partial charge in [0.1, 0.15) is 0 Å². The van der Waals surface area contributed by atoms with Gasteiger partial charge in [0, 0.05) is 44.3 Å². The average molecular weight is 330 g/mol.